The predicted molar refractivity (Wildman–Crippen MR) is 92.5 cm³/mol. The first-order valence-corrected chi connectivity index (χ1v) is 10.5. The molecule has 3 rings (SSSR count). The van der Waals surface area contributed by atoms with E-state index in [0.717, 1.165) is 25.7 Å². The molecule has 1 unspecified atom stereocenters. The van der Waals surface area contributed by atoms with Gasteiger partial charge >= 0.3 is 0 Å². The van der Waals surface area contributed by atoms with E-state index in [1.807, 2.05) is 0 Å². The Morgan fingerprint density at radius 2 is 1.88 bits per heavy atom. The predicted octanol–water partition coefficient (Wildman–Crippen LogP) is 2.14. The number of carbonyl (C=O) groups excluding carboxylic acids is 1. The Hall–Kier alpha value is -1.41. The summed E-state index contributed by atoms with van der Waals surface area (Å²) in [6.45, 7) is 5.78. The molecule has 0 bridgehead atoms. The lowest BCUT2D eigenvalue weighted by Crippen LogP contribution is -2.49. The van der Waals surface area contributed by atoms with Crippen molar-refractivity contribution < 1.29 is 17.7 Å². The maximum absolute atomic E-state index is 13.0. The van der Waals surface area contributed by atoms with Crippen molar-refractivity contribution in [1.82, 2.24) is 14.8 Å². The van der Waals surface area contributed by atoms with E-state index in [1.165, 1.54) is 4.31 Å². The van der Waals surface area contributed by atoms with Crippen LogP contribution in [0.4, 0.5) is 0 Å². The number of sulfonamides is 1. The zero-order valence-electron chi connectivity index (χ0n) is 15.1. The van der Waals surface area contributed by atoms with Crippen molar-refractivity contribution in [2.45, 2.75) is 76.3 Å². The van der Waals surface area contributed by atoms with E-state index in [9.17, 15) is 13.2 Å². The number of hydrogen-bond acceptors (Lipinski definition) is 5. The van der Waals surface area contributed by atoms with Crippen molar-refractivity contribution >= 4 is 15.9 Å². The van der Waals surface area contributed by atoms with Gasteiger partial charge in [-0.2, -0.15) is 4.31 Å². The van der Waals surface area contributed by atoms with Gasteiger partial charge in [0.1, 0.15) is 16.6 Å². The molecule has 2 fully saturated rings. The molecule has 140 valence electrons. The second-order valence-electron chi connectivity index (χ2n) is 7.39. The summed E-state index contributed by atoms with van der Waals surface area (Å²) in [5.41, 5.74) is 0.338. The molecule has 7 nitrogen and oxygen atoms in total. The molecule has 1 atom stereocenters. The Morgan fingerprint density at radius 1 is 1.20 bits per heavy atom. The topological polar surface area (TPSA) is 92.5 Å². The maximum Gasteiger partial charge on any atom is 0.249 e. The smallest absolute Gasteiger partial charge is 0.249 e. The molecule has 0 spiro atoms. The highest BCUT2D eigenvalue weighted by molar-refractivity contribution is 7.89. The summed E-state index contributed by atoms with van der Waals surface area (Å²) in [6.07, 6.45) is 5.39. The van der Waals surface area contributed by atoms with Gasteiger partial charge in [0.25, 0.3) is 0 Å². The largest absolute Gasteiger partial charge is 0.360 e. The molecule has 1 aromatic rings. The Kier molecular flexibility index (Phi) is 5.20. The molecule has 1 aromatic heterocycles. The van der Waals surface area contributed by atoms with Gasteiger partial charge in [-0.15, -0.1) is 0 Å². The first-order chi connectivity index (χ1) is 11.8. The quantitative estimate of drug-likeness (QED) is 0.878. The number of carbonyl (C=O) groups is 1. The number of rotatable bonds is 4. The number of aromatic nitrogens is 1. The van der Waals surface area contributed by atoms with Crippen LogP contribution in [0.1, 0.15) is 56.9 Å². The van der Waals surface area contributed by atoms with Crippen molar-refractivity contribution in [2.75, 3.05) is 6.54 Å². The van der Waals surface area contributed by atoms with Crippen LogP contribution in [0.2, 0.25) is 0 Å². The summed E-state index contributed by atoms with van der Waals surface area (Å²) < 4.78 is 32.4. The second kappa shape index (κ2) is 7.07. The van der Waals surface area contributed by atoms with E-state index < -0.39 is 16.1 Å². The molecule has 25 heavy (non-hydrogen) atoms. The fourth-order valence-electron chi connectivity index (χ4n) is 3.95. The lowest BCUT2D eigenvalue weighted by atomic mass is 9.87. The monoisotopic (exact) mass is 369 g/mol. The average molecular weight is 369 g/mol. The number of amides is 1. The lowest BCUT2D eigenvalue weighted by molar-refractivity contribution is -0.125. The van der Waals surface area contributed by atoms with Crippen LogP contribution >= 0.6 is 0 Å². The van der Waals surface area contributed by atoms with E-state index >= 15 is 0 Å². The van der Waals surface area contributed by atoms with Crippen molar-refractivity contribution in [1.29, 1.82) is 0 Å². The van der Waals surface area contributed by atoms with Gasteiger partial charge in [-0.3, -0.25) is 4.79 Å². The standard InChI is InChI=1S/C17H27N3O4S/c1-11-6-8-14(9-7-11)18-17(21)15-5-4-10-20(15)25(22,23)16-12(2)19-24-13(16)3/h11,14-15H,4-10H2,1-3H3,(H,18,21). The first kappa shape index (κ1) is 18.4. The zero-order chi connectivity index (χ0) is 18.2. The van der Waals surface area contributed by atoms with E-state index in [2.05, 4.69) is 17.4 Å². The van der Waals surface area contributed by atoms with Crippen molar-refractivity contribution in [3.63, 3.8) is 0 Å². The van der Waals surface area contributed by atoms with Crippen molar-refractivity contribution in [3.05, 3.63) is 11.5 Å². The Labute approximate surface area is 149 Å². The van der Waals surface area contributed by atoms with Gasteiger partial charge in [0.2, 0.25) is 15.9 Å². The van der Waals surface area contributed by atoms with E-state index in [4.69, 9.17) is 4.52 Å². The van der Waals surface area contributed by atoms with Gasteiger partial charge in [0.15, 0.2) is 5.76 Å². The summed E-state index contributed by atoms with van der Waals surface area (Å²) in [7, 11) is -3.78. The van der Waals surface area contributed by atoms with Crippen molar-refractivity contribution in [3.8, 4) is 0 Å². The summed E-state index contributed by atoms with van der Waals surface area (Å²) in [5, 5.41) is 6.82. The molecule has 0 radical (unpaired) electrons. The average Bonchev–Trinajstić information content (AvgIpc) is 3.17. The van der Waals surface area contributed by atoms with Crippen LogP contribution in [0.5, 0.6) is 0 Å². The molecule has 2 aliphatic rings. The van der Waals surface area contributed by atoms with Crippen LogP contribution in [0, 0.1) is 19.8 Å². The summed E-state index contributed by atoms with van der Waals surface area (Å²) in [6, 6.07) is -0.481. The first-order valence-electron chi connectivity index (χ1n) is 9.05. The normalized spacial score (nSPS) is 28.2. The fraction of sp³-hybridized carbons (Fsp3) is 0.765. The summed E-state index contributed by atoms with van der Waals surface area (Å²) in [4.78, 5) is 12.8. The molecular weight excluding hydrogens is 342 g/mol. The van der Waals surface area contributed by atoms with Gasteiger partial charge in [0, 0.05) is 12.6 Å². The van der Waals surface area contributed by atoms with Crippen LogP contribution in [-0.2, 0) is 14.8 Å². The summed E-state index contributed by atoms with van der Waals surface area (Å²) in [5.74, 6) is 0.799. The van der Waals surface area contributed by atoms with E-state index in [-0.39, 0.29) is 22.6 Å². The molecule has 1 amide bonds. The molecule has 1 aliphatic heterocycles. The number of nitrogens with zero attached hydrogens (tertiary/aromatic N) is 2. The van der Waals surface area contributed by atoms with Gasteiger partial charge in [-0.1, -0.05) is 12.1 Å². The van der Waals surface area contributed by atoms with Crippen LogP contribution < -0.4 is 5.32 Å². The van der Waals surface area contributed by atoms with E-state index in [1.54, 1.807) is 13.8 Å². The molecule has 2 heterocycles. The molecule has 0 aromatic carbocycles. The third-order valence-electron chi connectivity index (χ3n) is 5.40. The Bertz CT molecular complexity index is 716. The van der Waals surface area contributed by atoms with Gasteiger partial charge in [-0.25, -0.2) is 8.42 Å². The minimum absolute atomic E-state index is 0.0960. The van der Waals surface area contributed by atoms with Crippen LogP contribution in [0.15, 0.2) is 9.42 Å². The molecular formula is C17H27N3O4S. The van der Waals surface area contributed by atoms with Gasteiger partial charge < -0.3 is 9.84 Å². The minimum atomic E-state index is -3.78. The molecule has 1 saturated heterocycles. The summed E-state index contributed by atoms with van der Waals surface area (Å²) >= 11 is 0. The highest BCUT2D eigenvalue weighted by atomic mass is 32.2. The van der Waals surface area contributed by atoms with Gasteiger partial charge in [-0.05, 0) is 58.3 Å². The maximum atomic E-state index is 13.0. The molecule has 1 N–H and O–H groups in total. The molecule has 8 heteroatoms. The zero-order valence-corrected chi connectivity index (χ0v) is 15.9. The Morgan fingerprint density at radius 3 is 2.48 bits per heavy atom. The number of hydrogen-bond donors (Lipinski definition) is 1. The van der Waals surface area contributed by atoms with Crippen LogP contribution in [0.3, 0.4) is 0 Å². The third kappa shape index (κ3) is 3.60. The van der Waals surface area contributed by atoms with Gasteiger partial charge in [0.05, 0.1) is 0 Å². The fourth-order valence-corrected chi connectivity index (χ4v) is 5.90. The molecule has 1 saturated carbocycles. The molecule has 1 aliphatic carbocycles. The lowest BCUT2D eigenvalue weighted by Gasteiger charge is -2.29. The SMILES string of the molecule is Cc1noc(C)c1S(=O)(=O)N1CCCC1C(=O)NC1CCC(C)CC1. The number of aryl methyl sites for hydroxylation is 2. The van der Waals surface area contributed by atoms with Crippen molar-refractivity contribution in [2.24, 2.45) is 5.92 Å². The van der Waals surface area contributed by atoms with E-state index in [0.29, 0.717) is 31.0 Å². The Balaban J connectivity index is 1.75. The third-order valence-corrected chi connectivity index (χ3v) is 7.56. The highest BCUT2D eigenvalue weighted by Crippen LogP contribution is 2.30. The highest BCUT2D eigenvalue weighted by Gasteiger charge is 2.42. The van der Waals surface area contributed by atoms with Crippen LogP contribution in [-0.4, -0.2) is 42.4 Å². The van der Waals surface area contributed by atoms with Crippen LogP contribution in [0.25, 0.3) is 0 Å². The minimum Gasteiger partial charge on any atom is -0.360 e. The second-order valence-corrected chi connectivity index (χ2v) is 9.22. The number of nitrogens with one attached hydrogen (secondary N) is 1.